The van der Waals surface area contributed by atoms with Crippen LogP contribution in [0.1, 0.15) is 34.6 Å². The molecule has 2 aliphatic heterocycles. The number of benzene rings is 2. The van der Waals surface area contributed by atoms with Gasteiger partial charge < -0.3 is 24.1 Å². The second-order valence-electron chi connectivity index (χ2n) is 11.8. The van der Waals surface area contributed by atoms with Gasteiger partial charge >= 0.3 is 7.12 Å². The number of halogens is 1. The molecule has 5 heterocycles. The molecule has 0 amide bonds. The van der Waals surface area contributed by atoms with Crippen molar-refractivity contribution in [1.29, 1.82) is 0 Å². The van der Waals surface area contributed by atoms with Crippen molar-refractivity contribution in [2.45, 2.75) is 51.9 Å². The van der Waals surface area contributed by atoms with E-state index in [1.54, 1.807) is 23.9 Å². The molecule has 1 unspecified atom stereocenters. The molecule has 10 nitrogen and oxygen atoms in total. The quantitative estimate of drug-likeness (QED) is 0.210. The van der Waals surface area contributed by atoms with Crippen molar-refractivity contribution in [2.75, 3.05) is 18.5 Å². The summed E-state index contributed by atoms with van der Waals surface area (Å²) in [6.45, 7) is 11.7. The number of nitrogens with zero attached hydrogens (tertiary/aromatic N) is 4. The molecular weight excluding hydrogens is 619 g/mol. The maximum absolute atomic E-state index is 6.42. The van der Waals surface area contributed by atoms with Crippen LogP contribution in [-0.2, 0) is 14.0 Å². The number of fused-ring (bicyclic) bond motifs is 2. The first-order valence-electron chi connectivity index (χ1n) is 13.8. The lowest BCUT2D eigenvalue weighted by molar-refractivity contribution is -0.0773. The number of ether oxygens (including phenoxy) is 2. The summed E-state index contributed by atoms with van der Waals surface area (Å²) in [5.41, 5.74) is 3.27. The van der Waals surface area contributed by atoms with Crippen LogP contribution >= 0.6 is 27.3 Å². The number of hydrogen-bond acceptors (Lipinski definition) is 10. The van der Waals surface area contributed by atoms with E-state index in [1.165, 1.54) is 0 Å². The molecular formula is C29H30BBrN6O4S. The van der Waals surface area contributed by atoms with Crippen molar-refractivity contribution in [3.63, 3.8) is 0 Å². The Kier molecular flexibility index (Phi) is 6.78. The van der Waals surface area contributed by atoms with E-state index < -0.39 is 18.3 Å². The molecule has 1 atom stereocenters. The number of nitrogens with one attached hydrogen (secondary N) is 2. The van der Waals surface area contributed by atoms with E-state index in [4.69, 9.17) is 23.8 Å². The monoisotopic (exact) mass is 648 g/mol. The molecule has 0 saturated carbocycles. The Morgan fingerprint density at radius 2 is 1.88 bits per heavy atom. The summed E-state index contributed by atoms with van der Waals surface area (Å²) in [5.74, 6) is 1.75. The predicted molar refractivity (Wildman–Crippen MR) is 168 cm³/mol. The molecule has 7 rings (SSSR count). The van der Waals surface area contributed by atoms with Crippen LogP contribution in [0.4, 0.5) is 11.5 Å². The number of aromatic nitrogens is 5. The number of thiazole rings is 1. The van der Waals surface area contributed by atoms with Gasteiger partial charge in [-0.25, -0.2) is 15.0 Å². The lowest BCUT2D eigenvalue weighted by atomic mass is 9.79. The Morgan fingerprint density at radius 3 is 2.62 bits per heavy atom. The fourth-order valence-electron chi connectivity index (χ4n) is 4.99. The van der Waals surface area contributed by atoms with Gasteiger partial charge in [0.2, 0.25) is 0 Å². The van der Waals surface area contributed by atoms with Gasteiger partial charge in [-0.05, 0) is 65.0 Å². The highest BCUT2D eigenvalue weighted by Crippen LogP contribution is 2.39. The van der Waals surface area contributed by atoms with Gasteiger partial charge in [0.05, 0.1) is 51.2 Å². The van der Waals surface area contributed by atoms with Crippen LogP contribution in [0.5, 0.6) is 5.75 Å². The molecule has 42 heavy (non-hydrogen) atoms. The van der Waals surface area contributed by atoms with E-state index in [0.29, 0.717) is 24.9 Å². The minimum absolute atomic E-state index is 0.000759. The van der Waals surface area contributed by atoms with Crippen molar-refractivity contribution in [1.82, 2.24) is 25.1 Å². The van der Waals surface area contributed by atoms with Gasteiger partial charge in [0.25, 0.3) is 0 Å². The minimum atomic E-state index is -0.532. The molecule has 2 aliphatic rings. The van der Waals surface area contributed by atoms with E-state index in [-0.39, 0.29) is 6.10 Å². The summed E-state index contributed by atoms with van der Waals surface area (Å²) in [4.78, 5) is 14.0. The van der Waals surface area contributed by atoms with Crippen molar-refractivity contribution < 1.29 is 18.8 Å². The largest absolute Gasteiger partial charge is 0.498 e. The molecule has 2 fully saturated rings. The smallest absolute Gasteiger partial charge is 0.489 e. The number of rotatable bonds is 7. The van der Waals surface area contributed by atoms with E-state index >= 15 is 0 Å². The average molecular weight is 649 g/mol. The van der Waals surface area contributed by atoms with Gasteiger partial charge in [0.15, 0.2) is 0 Å². The van der Waals surface area contributed by atoms with Gasteiger partial charge in [-0.2, -0.15) is 5.10 Å². The summed E-state index contributed by atoms with van der Waals surface area (Å²) in [5, 5.41) is 12.5. The Hall–Kier alpha value is -3.10. The first-order chi connectivity index (χ1) is 20.1. The Bertz CT molecular complexity index is 1790. The van der Waals surface area contributed by atoms with Gasteiger partial charge in [-0.15, -0.1) is 11.3 Å². The highest BCUT2D eigenvalue weighted by Gasteiger charge is 2.52. The van der Waals surface area contributed by atoms with Gasteiger partial charge in [0.1, 0.15) is 29.0 Å². The lowest BCUT2D eigenvalue weighted by Crippen LogP contribution is -2.41. The van der Waals surface area contributed by atoms with Crippen LogP contribution in [0.25, 0.3) is 31.8 Å². The Balaban J connectivity index is 1.19. The zero-order valence-electron chi connectivity index (χ0n) is 23.9. The molecule has 2 saturated heterocycles. The average Bonchev–Trinajstić information content (AvgIpc) is 3.58. The van der Waals surface area contributed by atoms with Crippen LogP contribution in [-0.4, -0.2) is 62.8 Å². The summed E-state index contributed by atoms with van der Waals surface area (Å²) in [7, 11) is -0.532. The highest BCUT2D eigenvalue weighted by molar-refractivity contribution is 9.10. The van der Waals surface area contributed by atoms with E-state index in [9.17, 15) is 0 Å². The third-order valence-corrected chi connectivity index (χ3v) is 9.84. The molecule has 216 valence electrons. The van der Waals surface area contributed by atoms with E-state index in [0.717, 1.165) is 53.2 Å². The molecule has 0 bridgehead atoms. The van der Waals surface area contributed by atoms with Gasteiger partial charge in [-0.3, -0.25) is 5.10 Å². The number of hydrogen-bond donors (Lipinski definition) is 2. The van der Waals surface area contributed by atoms with Crippen LogP contribution in [0, 0.1) is 5.92 Å². The summed E-state index contributed by atoms with van der Waals surface area (Å²) in [6.07, 6.45) is 3.32. The first-order valence-corrected chi connectivity index (χ1v) is 15.4. The zero-order valence-corrected chi connectivity index (χ0v) is 26.3. The second kappa shape index (κ2) is 10.3. The van der Waals surface area contributed by atoms with E-state index in [2.05, 4.69) is 54.4 Å². The molecule has 5 aromatic rings. The van der Waals surface area contributed by atoms with Crippen molar-refractivity contribution in [3.05, 3.63) is 47.3 Å². The van der Waals surface area contributed by atoms with Crippen LogP contribution in [0.3, 0.4) is 0 Å². The Morgan fingerprint density at radius 1 is 1.10 bits per heavy atom. The molecule has 0 spiro atoms. The van der Waals surface area contributed by atoms with Crippen molar-refractivity contribution in [3.8, 4) is 16.5 Å². The zero-order chi connectivity index (χ0) is 29.2. The molecule has 2 N–H and O–H groups in total. The lowest BCUT2D eigenvalue weighted by Gasteiger charge is -2.32. The van der Waals surface area contributed by atoms with Crippen molar-refractivity contribution >= 4 is 72.5 Å². The van der Waals surface area contributed by atoms with Crippen LogP contribution < -0.4 is 15.5 Å². The normalized spacial score (nSPS) is 18.9. The topological polar surface area (TPSA) is 116 Å². The number of aromatic amines is 1. The van der Waals surface area contributed by atoms with Crippen LogP contribution in [0.2, 0.25) is 0 Å². The standard InChI is InChI=1S/C29H30BBrN6O4S/c1-15(16-12-38-13-16)39-22-9-17(31)8-21-24(22)26(33-14-32-21)35-18-6-7-20-23(10-18)42-27(36-20)25-19(11-34-37-25)30-40-28(2,3)29(4,5)41-30/h6-11,14-16H,12-13H2,1-5H3,(H,34,37)(H,32,33,35). The number of anilines is 2. The highest BCUT2D eigenvalue weighted by atomic mass is 79.9. The van der Waals surface area contributed by atoms with Crippen LogP contribution in [0.15, 0.2) is 47.3 Å². The molecule has 13 heteroatoms. The van der Waals surface area contributed by atoms with Gasteiger partial charge in [-0.1, -0.05) is 15.9 Å². The first kappa shape index (κ1) is 27.7. The van der Waals surface area contributed by atoms with Gasteiger partial charge in [0, 0.05) is 27.7 Å². The number of H-pyrrole nitrogens is 1. The SMILES string of the molecule is CC(Oc1cc(Br)cc2ncnc(Nc3ccc4nc(-c5[nH]ncc5B5OC(C)(C)C(C)(C)O5)sc4c3)c12)C1COC1. The summed E-state index contributed by atoms with van der Waals surface area (Å²) in [6, 6.07) is 10.00. The predicted octanol–water partition coefficient (Wildman–Crippen LogP) is 5.85. The fraction of sp³-hybridized carbons (Fsp3) is 0.379. The molecule has 3 aromatic heterocycles. The maximum atomic E-state index is 6.42. The second-order valence-corrected chi connectivity index (χ2v) is 13.7. The Labute approximate surface area is 255 Å². The molecule has 0 radical (unpaired) electrons. The molecule has 0 aliphatic carbocycles. The fourth-order valence-corrected chi connectivity index (χ4v) is 6.44. The van der Waals surface area contributed by atoms with E-state index in [1.807, 2.05) is 52.0 Å². The van der Waals surface area contributed by atoms with Crippen molar-refractivity contribution in [2.24, 2.45) is 5.92 Å². The summed E-state index contributed by atoms with van der Waals surface area (Å²) >= 11 is 5.17. The minimum Gasteiger partial charge on any atom is -0.489 e. The maximum Gasteiger partial charge on any atom is 0.498 e. The third kappa shape index (κ3) is 4.86. The molecule has 2 aromatic carbocycles. The third-order valence-electron chi connectivity index (χ3n) is 8.35. The summed E-state index contributed by atoms with van der Waals surface area (Å²) < 4.78 is 26.3.